The minimum absolute atomic E-state index is 0. The van der Waals surface area contributed by atoms with Crippen molar-refractivity contribution >= 4 is 45.9 Å². The van der Waals surface area contributed by atoms with E-state index < -0.39 is 0 Å². The second-order valence-electron chi connectivity index (χ2n) is 6.35. The topological polar surface area (TPSA) is 39.7 Å². The van der Waals surface area contributed by atoms with Crippen LogP contribution in [0.3, 0.4) is 0 Å². The standard InChI is InChI=1S/C19H28BrFN4.HI/c1-3-11-25-12-8-17(9-13-25)24-19(22-2)23-10-4-5-15-6-7-16(20)14-18(15)21;/h3,6-7,14,17H,1,4-5,8-13H2,2H3,(H2,22,23,24);1H. The summed E-state index contributed by atoms with van der Waals surface area (Å²) in [5.41, 5.74) is 0.752. The molecule has 1 saturated heterocycles. The maximum atomic E-state index is 13.8. The van der Waals surface area contributed by atoms with Gasteiger partial charge < -0.3 is 10.6 Å². The van der Waals surface area contributed by atoms with E-state index in [9.17, 15) is 4.39 Å². The highest BCUT2D eigenvalue weighted by Crippen LogP contribution is 2.16. The van der Waals surface area contributed by atoms with Crippen LogP contribution in [0.25, 0.3) is 0 Å². The molecule has 1 heterocycles. The van der Waals surface area contributed by atoms with E-state index >= 15 is 0 Å². The fourth-order valence-corrected chi connectivity index (χ4v) is 3.37. The Hall–Kier alpha value is -0.670. The number of nitrogens with one attached hydrogen (secondary N) is 2. The first-order chi connectivity index (χ1) is 12.1. The van der Waals surface area contributed by atoms with E-state index in [2.05, 4.69) is 43.0 Å². The van der Waals surface area contributed by atoms with Crippen molar-refractivity contribution < 1.29 is 4.39 Å². The molecular formula is C19H29BrFIN4. The van der Waals surface area contributed by atoms with Crippen LogP contribution < -0.4 is 10.6 Å². The third-order valence-electron chi connectivity index (χ3n) is 4.47. The van der Waals surface area contributed by atoms with E-state index in [1.54, 1.807) is 7.05 Å². The second kappa shape index (κ2) is 12.7. The summed E-state index contributed by atoms with van der Waals surface area (Å²) in [6.07, 6.45) is 5.75. The molecule has 0 aromatic heterocycles. The first-order valence-electron chi connectivity index (χ1n) is 8.86. The molecule has 1 fully saturated rings. The molecule has 0 aliphatic carbocycles. The number of aliphatic imine (C=N–C) groups is 1. The second-order valence-corrected chi connectivity index (χ2v) is 7.26. The van der Waals surface area contributed by atoms with Gasteiger partial charge in [-0.25, -0.2) is 4.39 Å². The van der Waals surface area contributed by atoms with Crippen molar-refractivity contribution in [2.24, 2.45) is 4.99 Å². The van der Waals surface area contributed by atoms with Crippen LogP contribution in [0.15, 0.2) is 40.3 Å². The fourth-order valence-electron chi connectivity index (χ4n) is 3.04. The molecule has 0 radical (unpaired) electrons. The summed E-state index contributed by atoms with van der Waals surface area (Å²) in [4.78, 5) is 6.71. The molecule has 1 aliphatic heterocycles. The van der Waals surface area contributed by atoms with Crippen molar-refractivity contribution in [2.45, 2.75) is 31.7 Å². The maximum Gasteiger partial charge on any atom is 0.191 e. The summed E-state index contributed by atoms with van der Waals surface area (Å²) >= 11 is 3.28. The Morgan fingerprint density at radius 1 is 1.42 bits per heavy atom. The predicted molar refractivity (Wildman–Crippen MR) is 122 cm³/mol. The Labute approximate surface area is 181 Å². The number of piperidine rings is 1. The molecule has 1 aromatic rings. The smallest absolute Gasteiger partial charge is 0.191 e. The van der Waals surface area contributed by atoms with Gasteiger partial charge in [0, 0.05) is 43.7 Å². The van der Waals surface area contributed by atoms with Crippen LogP contribution >= 0.6 is 39.9 Å². The fraction of sp³-hybridized carbons (Fsp3) is 0.526. The normalized spacial score (nSPS) is 16.0. The average Bonchev–Trinajstić information content (AvgIpc) is 2.61. The van der Waals surface area contributed by atoms with Gasteiger partial charge in [0.1, 0.15) is 5.82 Å². The maximum absolute atomic E-state index is 13.8. The molecule has 0 bridgehead atoms. The molecular weight excluding hydrogens is 510 g/mol. The summed E-state index contributed by atoms with van der Waals surface area (Å²) in [5.74, 6) is 0.682. The van der Waals surface area contributed by atoms with Crippen LogP contribution in [-0.2, 0) is 6.42 Å². The quantitative estimate of drug-likeness (QED) is 0.181. The highest BCUT2D eigenvalue weighted by Gasteiger charge is 2.18. The number of nitrogens with zero attached hydrogens (tertiary/aromatic N) is 2. The van der Waals surface area contributed by atoms with Crippen molar-refractivity contribution in [2.75, 3.05) is 33.2 Å². The monoisotopic (exact) mass is 538 g/mol. The molecule has 0 spiro atoms. The number of likely N-dealkylation sites (tertiary alicyclic amines) is 1. The van der Waals surface area contributed by atoms with Gasteiger partial charge in [-0.1, -0.05) is 28.1 Å². The number of hydrogen-bond acceptors (Lipinski definition) is 2. The van der Waals surface area contributed by atoms with Crippen molar-refractivity contribution in [3.05, 3.63) is 46.7 Å². The van der Waals surface area contributed by atoms with E-state index in [0.29, 0.717) is 12.5 Å². The Morgan fingerprint density at radius 2 is 2.15 bits per heavy atom. The zero-order chi connectivity index (χ0) is 18.1. The van der Waals surface area contributed by atoms with Crippen LogP contribution in [0.1, 0.15) is 24.8 Å². The number of aryl methyl sites for hydroxylation is 1. The number of halogens is 3. The summed E-state index contributed by atoms with van der Waals surface area (Å²) in [5, 5.41) is 6.82. The Morgan fingerprint density at radius 3 is 2.77 bits per heavy atom. The lowest BCUT2D eigenvalue weighted by Gasteiger charge is -2.32. The van der Waals surface area contributed by atoms with Crippen molar-refractivity contribution in [1.29, 1.82) is 0 Å². The van der Waals surface area contributed by atoms with Gasteiger partial charge in [0.05, 0.1) is 0 Å². The summed E-state index contributed by atoms with van der Waals surface area (Å²) in [6.45, 7) is 7.70. The molecule has 0 saturated carbocycles. The summed E-state index contributed by atoms with van der Waals surface area (Å²) in [6, 6.07) is 5.69. The molecule has 7 heteroatoms. The first-order valence-corrected chi connectivity index (χ1v) is 9.66. The van der Waals surface area contributed by atoms with Crippen LogP contribution in [0, 0.1) is 5.82 Å². The molecule has 26 heavy (non-hydrogen) atoms. The minimum Gasteiger partial charge on any atom is -0.356 e. The van der Waals surface area contributed by atoms with E-state index in [1.807, 2.05) is 18.2 Å². The molecule has 0 amide bonds. The largest absolute Gasteiger partial charge is 0.356 e. The SMILES string of the molecule is C=CCN1CCC(NC(=NC)NCCCc2ccc(Br)cc2F)CC1.I. The van der Waals surface area contributed by atoms with Gasteiger partial charge in [-0.3, -0.25) is 9.89 Å². The van der Waals surface area contributed by atoms with Gasteiger partial charge in [-0.05, 0) is 43.4 Å². The minimum atomic E-state index is -0.150. The number of rotatable bonds is 7. The molecule has 4 nitrogen and oxygen atoms in total. The molecule has 146 valence electrons. The Bertz CT molecular complexity index is 589. The van der Waals surface area contributed by atoms with E-state index in [4.69, 9.17) is 0 Å². The Kier molecular flexibility index (Phi) is 11.4. The molecule has 1 aromatic carbocycles. The van der Waals surface area contributed by atoms with E-state index in [0.717, 1.165) is 61.4 Å². The molecule has 2 N–H and O–H groups in total. The molecule has 0 unspecified atom stereocenters. The van der Waals surface area contributed by atoms with Crippen molar-refractivity contribution in [3.8, 4) is 0 Å². The number of hydrogen-bond donors (Lipinski definition) is 2. The van der Waals surface area contributed by atoms with Gasteiger partial charge in [-0.2, -0.15) is 0 Å². The van der Waals surface area contributed by atoms with Crippen molar-refractivity contribution in [1.82, 2.24) is 15.5 Å². The summed E-state index contributed by atoms with van der Waals surface area (Å²) < 4.78 is 14.6. The zero-order valence-corrected chi connectivity index (χ0v) is 19.2. The summed E-state index contributed by atoms with van der Waals surface area (Å²) in [7, 11) is 1.79. The van der Waals surface area contributed by atoms with Crippen LogP contribution in [-0.4, -0.2) is 50.1 Å². The van der Waals surface area contributed by atoms with Crippen LogP contribution in [0.5, 0.6) is 0 Å². The van der Waals surface area contributed by atoms with Crippen molar-refractivity contribution in [3.63, 3.8) is 0 Å². The average molecular weight is 539 g/mol. The number of guanidine groups is 1. The lowest BCUT2D eigenvalue weighted by Crippen LogP contribution is -2.48. The van der Waals surface area contributed by atoms with Gasteiger partial charge in [-0.15, -0.1) is 30.6 Å². The van der Waals surface area contributed by atoms with Gasteiger partial charge in [0.2, 0.25) is 0 Å². The van der Waals surface area contributed by atoms with Crippen LogP contribution in [0.4, 0.5) is 4.39 Å². The third kappa shape index (κ3) is 7.92. The first kappa shape index (κ1) is 23.4. The van der Waals surface area contributed by atoms with E-state index in [-0.39, 0.29) is 29.8 Å². The lowest BCUT2D eigenvalue weighted by atomic mass is 10.1. The predicted octanol–water partition coefficient (Wildman–Crippen LogP) is 3.95. The van der Waals surface area contributed by atoms with Gasteiger partial charge in [0.15, 0.2) is 5.96 Å². The third-order valence-corrected chi connectivity index (χ3v) is 4.96. The molecule has 0 atom stereocenters. The van der Waals surface area contributed by atoms with E-state index in [1.165, 1.54) is 6.07 Å². The number of benzene rings is 1. The zero-order valence-electron chi connectivity index (χ0n) is 15.3. The highest BCUT2D eigenvalue weighted by atomic mass is 127. The lowest BCUT2D eigenvalue weighted by molar-refractivity contribution is 0.225. The molecule has 1 aliphatic rings. The Balaban J connectivity index is 0.00000338. The van der Waals surface area contributed by atoms with Crippen LogP contribution in [0.2, 0.25) is 0 Å². The molecule has 2 rings (SSSR count). The highest BCUT2D eigenvalue weighted by molar-refractivity contribution is 14.0. The van der Waals surface area contributed by atoms with Gasteiger partial charge in [0.25, 0.3) is 0 Å². The van der Waals surface area contributed by atoms with Gasteiger partial charge >= 0.3 is 0 Å².